The van der Waals surface area contributed by atoms with Crippen molar-refractivity contribution in [2.45, 2.75) is 53.0 Å². The maximum absolute atomic E-state index is 12.6. The average Bonchev–Trinajstić information content (AvgIpc) is 2.71. The molecule has 1 aromatic rings. The van der Waals surface area contributed by atoms with Crippen molar-refractivity contribution in [1.29, 1.82) is 0 Å². The molecule has 1 atom stereocenters. The van der Waals surface area contributed by atoms with E-state index in [0.29, 0.717) is 18.7 Å². The van der Waals surface area contributed by atoms with E-state index in [0.717, 1.165) is 37.7 Å². The van der Waals surface area contributed by atoms with Crippen molar-refractivity contribution in [3.05, 3.63) is 29.8 Å². The van der Waals surface area contributed by atoms with Gasteiger partial charge >= 0.3 is 0 Å². The lowest BCUT2D eigenvalue weighted by molar-refractivity contribution is -0.123. The Kier molecular flexibility index (Phi) is 9.45. The summed E-state index contributed by atoms with van der Waals surface area (Å²) >= 11 is 0. The van der Waals surface area contributed by atoms with Gasteiger partial charge in [-0.15, -0.1) is 0 Å². The summed E-state index contributed by atoms with van der Waals surface area (Å²) in [4.78, 5) is 27.7. The van der Waals surface area contributed by atoms with Crippen LogP contribution >= 0.6 is 0 Å². The first kappa shape index (κ1) is 23.2. The summed E-state index contributed by atoms with van der Waals surface area (Å²) in [5, 5.41) is 5.87. The van der Waals surface area contributed by atoms with Gasteiger partial charge in [-0.3, -0.25) is 9.59 Å². The third-order valence-electron chi connectivity index (χ3n) is 5.49. The number of benzene rings is 1. The second kappa shape index (κ2) is 11.8. The van der Waals surface area contributed by atoms with Gasteiger partial charge in [0.1, 0.15) is 11.8 Å². The van der Waals surface area contributed by atoms with Crippen molar-refractivity contribution in [1.82, 2.24) is 15.5 Å². The van der Waals surface area contributed by atoms with E-state index in [-0.39, 0.29) is 17.7 Å². The molecule has 0 radical (unpaired) electrons. The Morgan fingerprint density at radius 3 is 2.41 bits per heavy atom. The molecule has 0 aliphatic carbocycles. The van der Waals surface area contributed by atoms with E-state index in [1.54, 1.807) is 24.3 Å². The normalized spacial score (nSPS) is 16.4. The number of carbonyl (C=O) groups excluding carboxylic acids is 2. The van der Waals surface area contributed by atoms with Crippen LogP contribution in [0.5, 0.6) is 5.75 Å². The van der Waals surface area contributed by atoms with E-state index in [1.807, 2.05) is 20.8 Å². The molecular weight excluding hydrogens is 366 g/mol. The number of hydrogen-bond donors (Lipinski definition) is 2. The Morgan fingerprint density at radius 2 is 1.83 bits per heavy atom. The molecule has 2 N–H and O–H groups in total. The molecule has 1 fully saturated rings. The number of rotatable bonds is 10. The van der Waals surface area contributed by atoms with E-state index >= 15 is 0 Å². The van der Waals surface area contributed by atoms with Crippen molar-refractivity contribution in [2.75, 3.05) is 32.8 Å². The van der Waals surface area contributed by atoms with E-state index in [1.165, 1.54) is 12.8 Å². The molecule has 6 nitrogen and oxygen atoms in total. The monoisotopic (exact) mass is 403 g/mol. The lowest BCUT2D eigenvalue weighted by atomic mass is 9.99. The van der Waals surface area contributed by atoms with Gasteiger partial charge in [-0.2, -0.15) is 0 Å². The Morgan fingerprint density at radius 1 is 1.17 bits per heavy atom. The molecule has 0 aromatic heterocycles. The van der Waals surface area contributed by atoms with Gasteiger partial charge in [-0.1, -0.05) is 20.8 Å². The molecule has 1 aromatic carbocycles. The summed E-state index contributed by atoms with van der Waals surface area (Å²) in [7, 11) is 0. The number of likely N-dealkylation sites (tertiary alicyclic amines) is 1. The summed E-state index contributed by atoms with van der Waals surface area (Å²) in [6.07, 6.45) is 3.45. The third-order valence-corrected chi connectivity index (χ3v) is 5.49. The van der Waals surface area contributed by atoms with Crippen LogP contribution in [-0.2, 0) is 4.79 Å². The molecule has 0 unspecified atom stereocenters. The molecule has 2 rings (SSSR count). The highest BCUT2D eigenvalue weighted by atomic mass is 16.5. The smallest absolute Gasteiger partial charge is 0.251 e. The van der Waals surface area contributed by atoms with Crippen LogP contribution in [0.15, 0.2) is 24.3 Å². The van der Waals surface area contributed by atoms with Crippen LogP contribution in [0.4, 0.5) is 0 Å². The number of ether oxygens (including phenoxy) is 1. The summed E-state index contributed by atoms with van der Waals surface area (Å²) in [5.41, 5.74) is 0.520. The number of piperidine rings is 1. The molecule has 29 heavy (non-hydrogen) atoms. The number of nitrogens with one attached hydrogen (secondary N) is 2. The van der Waals surface area contributed by atoms with Gasteiger partial charge < -0.3 is 20.3 Å². The molecule has 0 spiro atoms. The van der Waals surface area contributed by atoms with Gasteiger partial charge in [0.15, 0.2) is 0 Å². The van der Waals surface area contributed by atoms with Crippen molar-refractivity contribution >= 4 is 11.8 Å². The number of carbonyl (C=O) groups is 2. The maximum Gasteiger partial charge on any atom is 0.251 e. The predicted octanol–water partition coefficient (Wildman–Crippen LogP) is 3.08. The third kappa shape index (κ3) is 7.69. The van der Waals surface area contributed by atoms with Crippen molar-refractivity contribution in [3.8, 4) is 5.75 Å². The Hall–Kier alpha value is -2.08. The molecule has 1 saturated heterocycles. The minimum Gasteiger partial charge on any atom is -0.494 e. The summed E-state index contributed by atoms with van der Waals surface area (Å²) in [6.45, 7) is 12.6. The van der Waals surface area contributed by atoms with Gasteiger partial charge in [-0.05, 0) is 81.9 Å². The minimum atomic E-state index is -0.551. The second-order valence-electron chi connectivity index (χ2n) is 8.32. The zero-order chi connectivity index (χ0) is 21.2. The van der Waals surface area contributed by atoms with Gasteiger partial charge in [0, 0.05) is 12.1 Å². The fourth-order valence-electron chi connectivity index (χ4n) is 3.54. The van der Waals surface area contributed by atoms with Crippen LogP contribution in [-0.4, -0.2) is 55.5 Å². The van der Waals surface area contributed by atoms with Crippen LogP contribution in [0.1, 0.15) is 57.3 Å². The quantitative estimate of drug-likeness (QED) is 0.589. The van der Waals surface area contributed by atoms with Crippen molar-refractivity contribution in [2.24, 2.45) is 11.8 Å². The fourth-order valence-corrected chi connectivity index (χ4v) is 3.54. The molecule has 2 amide bonds. The summed E-state index contributed by atoms with van der Waals surface area (Å²) in [5.74, 6) is 1.20. The highest BCUT2D eigenvalue weighted by Gasteiger charge is 2.24. The Bertz CT molecular complexity index is 637. The number of hydrogen-bond acceptors (Lipinski definition) is 4. The summed E-state index contributed by atoms with van der Waals surface area (Å²) in [6, 6.07) is 6.42. The second-order valence-corrected chi connectivity index (χ2v) is 8.32. The highest BCUT2D eigenvalue weighted by molar-refractivity contribution is 5.97. The SMILES string of the molecule is CCOc1ccc(C(=O)N[C@@H](C(=O)NCCCN2CCC(C)CC2)C(C)C)cc1. The standard InChI is InChI=1S/C23H37N3O3/c1-5-29-20-9-7-19(8-10-20)22(27)25-21(17(2)3)23(28)24-13-6-14-26-15-11-18(4)12-16-26/h7-10,17-18,21H,5-6,11-16H2,1-4H3,(H,24,28)(H,25,27)/t21-/m1/s1. The largest absolute Gasteiger partial charge is 0.494 e. The number of nitrogens with zero attached hydrogens (tertiary/aromatic N) is 1. The van der Waals surface area contributed by atoms with Crippen LogP contribution in [0.25, 0.3) is 0 Å². The van der Waals surface area contributed by atoms with Gasteiger partial charge in [-0.25, -0.2) is 0 Å². The molecular formula is C23H37N3O3. The lowest BCUT2D eigenvalue weighted by Crippen LogP contribution is -2.50. The maximum atomic E-state index is 12.6. The molecule has 1 aliphatic heterocycles. The van der Waals surface area contributed by atoms with E-state index in [4.69, 9.17) is 4.74 Å². The lowest BCUT2D eigenvalue weighted by Gasteiger charge is -2.30. The van der Waals surface area contributed by atoms with Crippen LogP contribution < -0.4 is 15.4 Å². The molecule has 0 saturated carbocycles. The van der Waals surface area contributed by atoms with Gasteiger partial charge in [0.2, 0.25) is 5.91 Å². The van der Waals surface area contributed by atoms with Gasteiger partial charge in [0.05, 0.1) is 6.61 Å². The van der Waals surface area contributed by atoms with Crippen LogP contribution in [0, 0.1) is 11.8 Å². The first-order valence-corrected chi connectivity index (χ1v) is 10.9. The van der Waals surface area contributed by atoms with Crippen LogP contribution in [0.3, 0.4) is 0 Å². The van der Waals surface area contributed by atoms with E-state index in [2.05, 4.69) is 22.5 Å². The Balaban J connectivity index is 1.78. The van der Waals surface area contributed by atoms with Crippen LogP contribution in [0.2, 0.25) is 0 Å². The van der Waals surface area contributed by atoms with E-state index in [9.17, 15) is 9.59 Å². The van der Waals surface area contributed by atoms with Gasteiger partial charge in [0.25, 0.3) is 5.91 Å². The minimum absolute atomic E-state index is 0.00484. The molecule has 1 heterocycles. The summed E-state index contributed by atoms with van der Waals surface area (Å²) < 4.78 is 5.40. The highest BCUT2D eigenvalue weighted by Crippen LogP contribution is 2.16. The zero-order valence-electron chi connectivity index (χ0n) is 18.4. The molecule has 1 aliphatic rings. The first-order chi connectivity index (χ1) is 13.9. The molecule has 0 bridgehead atoms. The average molecular weight is 404 g/mol. The van der Waals surface area contributed by atoms with Crippen molar-refractivity contribution < 1.29 is 14.3 Å². The Labute approximate surface area is 175 Å². The molecule has 6 heteroatoms. The predicted molar refractivity (Wildman–Crippen MR) is 116 cm³/mol. The molecule has 162 valence electrons. The fraction of sp³-hybridized carbons (Fsp3) is 0.652. The first-order valence-electron chi connectivity index (χ1n) is 10.9. The van der Waals surface area contributed by atoms with E-state index < -0.39 is 6.04 Å². The number of amides is 2. The zero-order valence-corrected chi connectivity index (χ0v) is 18.4. The topological polar surface area (TPSA) is 70.7 Å². The van der Waals surface area contributed by atoms with Crippen molar-refractivity contribution in [3.63, 3.8) is 0 Å².